The Kier molecular flexibility index (Phi) is 5.90. The summed E-state index contributed by atoms with van der Waals surface area (Å²) in [5.41, 5.74) is 1.61. The molecule has 0 N–H and O–H groups in total. The van der Waals surface area contributed by atoms with Crippen molar-refractivity contribution in [1.82, 2.24) is 0 Å². The number of rotatable bonds is 6. The van der Waals surface area contributed by atoms with Gasteiger partial charge in [-0.15, -0.1) is 0 Å². The topological polar surface area (TPSA) is 65.0 Å². The first kappa shape index (κ1) is 15.9. The minimum Gasteiger partial charge on any atom is -0.461 e. The van der Waals surface area contributed by atoms with Crippen LogP contribution in [0.3, 0.4) is 0 Å². The van der Waals surface area contributed by atoms with Gasteiger partial charge in [0.15, 0.2) is 0 Å². The van der Waals surface area contributed by atoms with Crippen LogP contribution in [0.2, 0.25) is 0 Å². The quantitative estimate of drug-likeness (QED) is 0.551. The minimum absolute atomic E-state index is 0.129. The van der Waals surface area contributed by atoms with E-state index >= 15 is 0 Å². The molecule has 0 spiro atoms. The van der Waals surface area contributed by atoms with Gasteiger partial charge in [-0.05, 0) is 20.3 Å². The standard InChI is InChI=1S/C15H19NO4/c1-5-7-19-14(17)12-9-13(11(4)16-10(12)3)15(18)20-8-6-2/h5-6,12H,1-2,7-9H2,3-4H3. The molecule has 1 aliphatic heterocycles. The zero-order valence-corrected chi connectivity index (χ0v) is 11.8. The summed E-state index contributed by atoms with van der Waals surface area (Å²) in [7, 11) is 0. The summed E-state index contributed by atoms with van der Waals surface area (Å²) in [5.74, 6) is -1.43. The molecule has 0 aromatic heterocycles. The summed E-state index contributed by atoms with van der Waals surface area (Å²) >= 11 is 0. The van der Waals surface area contributed by atoms with E-state index in [0.717, 1.165) is 0 Å². The van der Waals surface area contributed by atoms with Gasteiger partial charge in [-0.1, -0.05) is 25.3 Å². The zero-order chi connectivity index (χ0) is 15.1. The lowest BCUT2D eigenvalue weighted by molar-refractivity contribution is -0.145. The van der Waals surface area contributed by atoms with E-state index in [1.807, 2.05) is 0 Å². The van der Waals surface area contributed by atoms with E-state index in [1.54, 1.807) is 13.8 Å². The fourth-order valence-electron chi connectivity index (χ4n) is 1.86. The number of hydrogen-bond acceptors (Lipinski definition) is 5. The summed E-state index contributed by atoms with van der Waals surface area (Å²) in [6, 6.07) is 0. The molecular formula is C15H19NO4. The lowest BCUT2D eigenvalue weighted by Crippen LogP contribution is -2.29. The SMILES string of the molecule is C=CCOC(=O)C1=C(C)N=C(C)C(C(=O)OCC=C)C1. The first-order valence-electron chi connectivity index (χ1n) is 6.31. The molecule has 0 aromatic carbocycles. The maximum atomic E-state index is 11.9. The fourth-order valence-corrected chi connectivity index (χ4v) is 1.86. The maximum Gasteiger partial charge on any atom is 0.336 e. The molecule has 1 atom stereocenters. The van der Waals surface area contributed by atoms with Crippen molar-refractivity contribution in [1.29, 1.82) is 0 Å². The largest absolute Gasteiger partial charge is 0.461 e. The van der Waals surface area contributed by atoms with Gasteiger partial charge < -0.3 is 9.47 Å². The molecule has 1 aliphatic rings. The fraction of sp³-hybridized carbons (Fsp3) is 0.400. The Morgan fingerprint density at radius 3 is 2.45 bits per heavy atom. The lowest BCUT2D eigenvalue weighted by atomic mass is 9.91. The van der Waals surface area contributed by atoms with Crippen LogP contribution in [0.5, 0.6) is 0 Å². The third-order valence-electron chi connectivity index (χ3n) is 2.90. The van der Waals surface area contributed by atoms with Crippen LogP contribution in [-0.2, 0) is 19.1 Å². The van der Waals surface area contributed by atoms with Crippen molar-refractivity contribution >= 4 is 17.7 Å². The molecule has 0 bridgehead atoms. The monoisotopic (exact) mass is 277 g/mol. The summed E-state index contributed by atoms with van der Waals surface area (Å²) in [5, 5.41) is 0. The third-order valence-corrected chi connectivity index (χ3v) is 2.90. The summed E-state index contributed by atoms with van der Waals surface area (Å²) in [6.07, 6.45) is 3.22. The van der Waals surface area contributed by atoms with Crippen LogP contribution in [0.25, 0.3) is 0 Å². The van der Waals surface area contributed by atoms with Gasteiger partial charge in [-0.25, -0.2) is 4.79 Å². The Bertz CT molecular complexity index is 488. The first-order chi connectivity index (χ1) is 9.51. The van der Waals surface area contributed by atoms with Crippen LogP contribution in [0, 0.1) is 5.92 Å². The predicted octanol–water partition coefficient (Wildman–Crippen LogP) is 2.20. The predicted molar refractivity (Wildman–Crippen MR) is 76.2 cm³/mol. The van der Waals surface area contributed by atoms with Gasteiger partial charge in [0.25, 0.3) is 0 Å². The van der Waals surface area contributed by atoms with Crippen LogP contribution in [0.4, 0.5) is 0 Å². The Morgan fingerprint density at radius 2 is 1.85 bits per heavy atom. The van der Waals surface area contributed by atoms with Crippen molar-refractivity contribution in [3.05, 3.63) is 36.6 Å². The number of ether oxygens (including phenoxy) is 2. The second-order valence-electron chi connectivity index (χ2n) is 4.38. The van der Waals surface area contributed by atoms with Gasteiger partial charge in [0.2, 0.25) is 0 Å². The Labute approximate surface area is 118 Å². The number of allylic oxidation sites excluding steroid dienone is 1. The number of nitrogens with zero attached hydrogens (tertiary/aromatic N) is 1. The molecule has 0 aromatic rings. The van der Waals surface area contributed by atoms with E-state index in [4.69, 9.17) is 9.47 Å². The van der Waals surface area contributed by atoms with Crippen LogP contribution in [-0.4, -0.2) is 30.9 Å². The highest BCUT2D eigenvalue weighted by atomic mass is 16.5. The molecule has 0 radical (unpaired) electrons. The molecule has 0 saturated carbocycles. The van der Waals surface area contributed by atoms with Crippen LogP contribution >= 0.6 is 0 Å². The molecule has 1 heterocycles. The smallest absolute Gasteiger partial charge is 0.336 e. The maximum absolute atomic E-state index is 11.9. The highest BCUT2D eigenvalue weighted by Crippen LogP contribution is 2.26. The van der Waals surface area contributed by atoms with Crippen LogP contribution < -0.4 is 0 Å². The Balaban J connectivity index is 2.85. The van der Waals surface area contributed by atoms with Gasteiger partial charge in [0.1, 0.15) is 13.2 Å². The molecule has 0 aliphatic carbocycles. The molecule has 1 rings (SSSR count). The number of carbonyl (C=O) groups is 2. The molecule has 0 fully saturated rings. The minimum atomic E-state index is -0.551. The molecule has 1 unspecified atom stereocenters. The number of esters is 2. The van der Waals surface area contributed by atoms with E-state index < -0.39 is 17.9 Å². The molecular weight excluding hydrogens is 258 g/mol. The van der Waals surface area contributed by atoms with E-state index in [1.165, 1.54) is 12.2 Å². The molecule has 0 amide bonds. The van der Waals surface area contributed by atoms with Crippen LogP contribution in [0.1, 0.15) is 20.3 Å². The number of hydrogen-bond donors (Lipinski definition) is 0. The number of aliphatic imine (C=N–C) groups is 1. The van der Waals surface area contributed by atoms with Crippen molar-refractivity contribution in [3.63, 3.8) is 0 Å². The normalized spacial score (nSPS) is 18.1. The van der Waals surface area contributed by atoms with Gasteiger partial charge in [0, 0.05) is 11.4 Å². The van der Waals surface area contributed by atoms with Crippen molar-refractivity contribution in [2.45, 2.75) is 20.3 Å². The highest BCUT2D eigenvalue weighted by Gasteiger charge is 2.31. The van der Waals surface area contributed by atoms with Crippen molar-refractivity contribution in [2.75, 3.05) is 13.2 Å². The molecule has 20 heavy (non-hydrogen) atoms. The molecule has 5 heteroatoms. The van der Waals surface area contributed by atoms with Gasteiger partial charge >= 0.3 is 11.9 Å². The van der Waals surface area contributed by atoms with E-state index in [-0.39, 0.29) is 19.6 Å². The second-order valence-corrected chi connectivity index (χ2v) is 4.38. The van der Waals surface area contributed by atoms with Crippen molar-refractivity contribution in [3.8, 4) is 0 Å². The van der Waals surface area contributed by atoms with Crippen molar-refractivity contribution in [2.24, 2.45) is 10.9 Å². The van der Waals surface area contributed by atoms with E-state index in [0.29, 0.717) is 17.0 Å². The van der Waals surface area contributed by atoms with Gasteiger partial charge in [0.05, 0.1) is 11.5 Å². The number of carbonyl (C=O) groups excluding carboxylic acids is 2. The van der Waals surface area contributed by atoms with Crippen LogP contribution in [0.15, 0.2) is 41.6 Å². The molecule has 108 valence electrons. The van der Waals surface area contributed by atoms with E-state index in [9.17, 15) is 9.59 Å². The third kappa shape index (κ3) is 3.91. The average Bonchev–Trinajstić information content (AvgIpc) is 2.42. The lowest BCUT2D eigenvalue weighted by Gasteiger charge is -2.21. The second kappa shape index (κ2) is 7.43. The summed E-state index contributed by atoms with van der Waals surface area (Å²) in [4.78, 5) is 28.1. The van der Waals surface area contributed by atoms with Gasteiger partial charge in [-0.3, -0.25) is 9.79 Å². The molecule has 0 saturated heterocycles. The van der Waals surface area contributed by atoms with E-state index in [2.05, 4.69) is 18.2 Å². The van der Waals surface area contributed by atoms with Crippen molar-refractivity contribution < 1.29 is 19.1 Å². The first-order valence-corrected chi connectivity index (χ1v) is 6.31. The summed E-state index contributed by atoms with van der Waals surface area (Å²) in [6.45, 7) is 10.7. The highest BCUT2D eigenvalue weighted by molar-refractivity contribution is 6.04. The molecule has 5 nitrogen and oxygen atoms in total. The Hall–Kier alpha value is -2.17. The zero-order valence-electron chi connectivity index (χ0n) is 11.8. The summed E-state index contributed by atoms with van der Waals surface area (Å²) < 4.78 is 10.0. The average molecular weight is 277 g/mol. The van der Waals surface area contributed by atoms with Gasteiger partial charge in [-0.2, -0.15) is 0 Å². The Morgan fingerprint density at radius 1 is 1.25 bits per heavy atom.